The largest absolute Gasteiger partial charge is 0.345 e. The molecule has 3 rings (SSSR count). The zero-order valence-corrected chi connectivity index (χ0v) is 20.0. The second kappa shape index (κ2) is 12.3. The van der Waals surface area contributed by atoms with Crippen molar-refractivity contribution in [3.63, 3.8) is 0 Å². The van der Waals surface area contributed by atoms with Gasteiger partial charge in [0, 0.05) is 30.0 Å². The molecule has 1 heterocycles. The van der Waals surface area contributed by atoms with Gasteiger partial charge >= 0.3 is 0 Å². The summed E-state index contributed by atoms with van der Waals surface area (Å²) in [5.74, 6) is 0.115. The summed E-state index contributed by atoms with van der Waals surface area (Å²) < 4.78 is 2.25. The molecule has 1 aromatic heterocycles. The minimum Gasteiger partial charge on any atom is -0.345 e. The van der Waals surface area contributed by atoms with E-state index in [0.29, 0.717) is 6.54 Å². The van der Waals surface area contributed by atoms with Gasteiger partial charge in [0.2, 0.25) is 0 Å². The molecule has 1 atom stereocenters. The molecule has 3 nitrogen and oxygen atoms in total. The lowest BCUT2D eigenvalue weighted by Crippen LogP contribution is -2.38. The number of rotatable bonds is 12. The lowest BCUT2D eigenvalue weighted by atomic mass is 10.0. The molecular weight excluding hydrogens is 392 g/mol. The summed E-state index contributed by atoms with van der Waals surface area (Å²) in [6, 6.07) is 23.1. The van der Waals surface area contributed by atoms with Crippen molar-refractivity contribution in [3.05, 3.63) is 95.3 Å². The highest BCUT2D eigenvalue weighted by Crippen LogP contribution is 2.18. The van der Waals surface area contributed by atoms with E-state index in [0.717, 1.165) is 30.6 Å². The number of hydrogen-bond donors (Lipinski definition) is 0. The molecule has 0 saturated carbocycles. The number of aryl methyl sites for hydroxylation is 1. The Balaban J connectivity index is 1.70. The summed E-state index contributed by atoms with van der Waals surface area (Å²) in [6.45, 7) is 7.96. The molecule has 0 bridgehead atoms. The third kappa shape index (κ3) is 6.59. The standard InChI is InChI=1S/C29H38N2O/c1-4-6-7-9-13-25-17-19-27(20-18-25)29(32)31(24(3)5-2)23-28-16-12-21-30(28)22-26-14-10-8-11-15-26/h8,10-12,14-21,24H,4-7,9,13,22-23H2,1-3H3. The fraction of sp³-hybridized carbons (Fsp3) is 0.414. The number of hydrogen-bond acceptors (Lipinski definition) is 1. The number of carbonyl (C=O) groups excluding carboxylic acids is 1. The van der Waals surface area contributed by atoms with Crippen LogP contribution in [0.25, 0.3) is 0 Å². The Morgan fingerprint density at radius 1 is 0.875 bits per heavy atom. The first-order chi connectivity index (χ1) is 15.6. The Bertz CT molecular complexity index is 943. The maximum atomic E-state index is 13.5. The molecule has 0 radical (unpaired) electrons. The van der Waals surface area contributed by atoms with E-state index in [9.17, 15) is 4.79 Å². The molecule has 1 amide bonds. The quantitative estimate of drug-likeness (QED) is 0.281. The van der Waals surface area contributed by atoms with Crippen LogP contribution >= 0.6 is 0 Å². The van der Waals surface area contributed by atoms with Crippen molar-refractivity contribution >= 4 is 5.91 Å². The third-order valence-corrected chi connectivity index (χ3v) is 6.36. The van der Waals surface area contributed by atoms with Crippen LogP contribution in [0.4, 0.5) is 0 Å². The van der Waals surface area contributed by atoms with E-state index >= 15 is 0 Å². The van der Waals surface area contributed by atoms with Crippen LogP contribution in [0.1, 0.15) is 80.1 Å². The average Bonchev–Trinajstić information content (AvgIpc) is 3.27. The number of benzene rings is 2. The maximum absolute atomic E-state index is 13.5. The Morgan fingerprint density at radius 2 is 1.62 bits per heavy atom. The molecule has 0 aliphatic rings. The van der Waals surface area contributed by atoms with Crippen LogP contribution in [0.2, 0.25) is 0 Å². The molecule has 2 aromatic carbocycles. The molecule has 0 spiro atoms. The molecule has 0 N–H and O–H groups in total. The molecular formula is C29H38N2O. The van der Waals surface area contributed by atoms with Gasteiger partial charge in [0.15, 0.2) is 0 Å². The zero-order valence-electron chi connectivity index (χ0n) is 20.0. The van der Waals surface area contributed by atoms with Gasteiger partial charge in [-0.05, 0) is 61.6 Å². The van der Waals surface area contributed by atoms with Gasteiger partial charge in [-0.3, -0.25) is 4.79 Å². The van der Waals surface area contributed by atoms with E-state index in [-0.39, 0.29) is 11.9 Å². The van der Waals surface area contributed by atoms with Gasteiger partial charge < -0.3 is 9.47 Å². The smallest absolute Gasteiger partial charge is 0.254 e. The van der Waals surface area contributed by atoms with Gasteiger partial charge in [0.1, 0.15) is 0 Å². The van der Waals surface area contributed by atoms with Crippen LogP contribution < -0.4 is 0 Å². The molecule has 0 aliphatic carbocycles. The number of aromatic nitrogens is 1. The first kappa shape index (κ1) is 23.8. The van der Waals surface area contributed by atoms with Crippen LogP contribution in [-0.4, -0.2) is 21.4 Å². The van der Waals surface area contributed by atoms with Crippen LogP contribution in [0.5, 0.6) is 0 Å². The Labute approximate surface area is 194 Å². The molecule has 0 aliphatic heterocycles. The molecule has 0 fully saturated rings. The lowest BCUT2D eigenvalue weighted by molar-refractivity contribution is 0.0667. The predicted molar refractivity (Wildman–Crippen MR) is 134 cm³/mol. The number of nitrogens with zero attached hydrogens (tertiary/aromatic N) is 2. The summed E-state index contributed by atoms with van der Waals surface area (Å²) in [7, 11) is 0. The highest BCUT2D eigenvalue weighted by molar-refractivity contribution is 5.94. The number of unbranched alkanes of at least 4 members (excludes halogenated alkanes) is 3. The van der Waals surface area contributed by atoms with Crippen LogP contribution in [-0.2, 0) is 19.5 Å². The van der Waals surface area contributed by atoms with Gasteiger partial charge in [-0.15, -0.1) is 0 Å². The summed E-state index contributed by atoms with van der Waals surface area (Å²) in [6.07, 6.45) is 9.19. The van der Waals surface area contributed by atoms with Crippen molar-refractivity contribution in [1.29, 1.82) is 0 Å². The Hall–Kier alpha value is -2.81. The van der Waals surface area contributed by atoms with Gasteiger partial charge in [-0.2, -0.15) is 0 Å². The molecule has 3 heteroatoms. The van der Waals surface area contributed by atoms with Crippen molar-refractivity contribution in [1.82, 2.24) is 9.47 Å². The maximum Gasteiger partial charge on any atom is 0.254 e. The number of carbonyl (C=O) groups is 1. The van der Waals surface area contributed by atoms with E-state index in [1.165, 1.54) is 36.8 Å². The molecule has 32 heavy (non-hydrogen) atoms. The van der Waals surface area contributed by atoms with Crippen molar-refractivity contribution < 1.29 is 4.79 Å². The molecule has 170 valence electrons. The SMILES string of the molecule is CCCCCCc1ccc(C(=O)N(Cc2cccn2Cc2ccccc2)C(C)CC)cc1. The zero-order chi connectivity index (χ0) is 22.8. The number of amides is 1. The minimum atomic E-state index is 0.115. The first-order valence-corrected chi connectivity index (χ1v) is 12.2. The van der Waals surface area contributed by atoms with Crippen molar-refractivity contribution in [2.24, 2.45) is 0 Å². The lowest BCUT2D eigenvalue weighted by Gasteiger charge is -2.29. The molecule has 3 aromatic rings. The van der Waals surface area contributed by atoms with E-state index in [2.05, 4.69) is 80.1 Å². The van der Waals surface area contributed by atoms with Gasteiger partial charge in [-0.1, -0.05) is 75.6 Å². The van der Waals surface area contributed by atoms with E-state index in [4.69, 9.17) is 0 Å². The fourth-order valence-corrected chi connectivity index (χ4v) is 4.09. The molecule has 1 unspecified atom stereocenters. The topological polar surface area (TPSA) is 25.2 Å². The van der Waals surface area contributed by atoms with Crippen molar-refractivity contribution in [2.75, 3.05) is 0 Å². The van der Waals surface area contributed by atoms with Crippen LogP contribution in [0.15, 0.2) is 72.9 Å². The summed E-state index contributed by atoms with van der Waals surface area (Å²) in [5.41, 5.74) is 4.53. The monoisotopic (exact) mass is 430 g/mol. The van der Waals surface area contributed by atoms with Gasteiger partial charge in [0.25, 0.3) is 5.91 Å². The first-order valence-electron chi connectivity index (χ1n) is 12.2. The minimum absolute atomic E-state index is 0.115. The van der Waals surface area contributed by atoms with E-state index < -0.39 is 0 Å². The van der Waals surface area contributed by atoms with Gasteiger partial charge in [0.05, 0.1) is 6.54 Å². The summed E-state index contributed by atoms with van der Waals surface area (Å²) in [4.78, 5) is 15.5. The highest BCUT2D eigenvalue weighted by Gasteiger charge is 2.22. The van der Waals surface area contributed by atoms with E-state index in [1.807, 2.05) is 23.1 Å². The van der Waals surface area contributed by atoms with Crippen LogP contribution in [0, 0.1) is 0 Å². The summed E-state index contributed by atoms with van der Waals surface area (Å²) in [5, 5.41) is 0. The van der Waals surface area contributed by atoms with Crippen molar-refractivity contribution in [3.8, 4) is 0 Å². The Kier molecular flexibility index (Phi) is 9.15. The van der Waals surface area contributed by atoms with Crippen molar-refractivity contribution in [2.45, 2.75) is 78.4 Å². The predicted octanol–water partition coefficient (Wildman–Crippen LogP) is 7.10. The molecule has 0 saturated heterocycles. The highest BCUT2D eigenvalue weighted by atomic mass is 16.2. The second-order valence-electron chi connectivity index (χ2n) is 8.81. The second-order valence-corrected chi connectivity index (χ2v) is 8.81. The third-order valence-electron chi connectivity index (χ3n) is 6.36. The average molecular weight is 431 g/mol. The van der Waals surface area contributed by atoms with Gasteiger partial charge in [-0.25, -0.2) is 0 Å². The normalized spacial score (nSPS) is 12.0. The fourth-order valence-electron chi connectivity index (χ4n) is 4.09. The van der Waals surface area contributed by atoms with Crippen LogP contribution in [0.3, 0.4) is 0 Å². The Morgan fingerprint density at radius 3 is 2.31 bits per heavy atom. The summed E-state index contributed by atoms with van der Waals surface area (Å²) >= 11 is 0. The van der Waals surface area contributed by atoms with E-state index in [1.54, 1.807) is 0 Å².